The lowest BCUT2D eigenvalue weighted by molar-refractivity contribution is -0.136. The van der Waals surface area contributed by atoms with E-state index in [1.807, 2.05) is 24.3 Å². The van der Waals surface area contributed by atoms with Crippen molar-refractivity contribution in [2.24, 2.45) is 0 Å². The fourth-order valence-electron chi connectivity index (χ4n) is 1.66. The molecule has 0 spiro atoms. The number of benzene rings is 1. The second-order valence-electron chi connectivity index (χ2n) is 5.57. The van der Waals surface area contributed by atoms with Gasteiger partial charge in [0, 0.05) is 12.1 Å². The largest absolute Gasteiger partial charge is 0.481 e. The molecular formula is C15H21NO3. The van der Waals surface area contributed by atoms with Crippen molar-refractivity contribution in [1.82, 2.24) is 5.32 Å². The Morgan fingerprint density at radius 2 is 1.74 bits per heavy atom. The Morgan fingerprint density at radius 3 is 2.21 bits per heavy atom. The summed E-state index contributed by atoms with van der Waals surface area (Å²) in [6.45, 7) is 6.84. The first-order valence-corrected chi connectivity index (χ1v) is 6.37. The molecule has 104 valence electrons. The molecule has 4 heteroatoms. The van der Waals surface area contributed by atoms with Gasteiger partial charge in [-0.1, -0.05) is 45.0 Å². The van der Waals surface area contributed by atoms with E-state index in [0.717, 1.165) is 0 Å². The number of aliphatic carboxylic acids is 1. The molecule has 1 aromatic rings. The summed E-state index contributed by atoms with van der Waals surface area (Å²) in [5.41, 5.74) is 1.90. The van der Waals surface area contributed by atoms with E-state index in [9.17, 15) is 9.59 Å². The number of carbonyl (C=O) groups is 2. The molecule has 1 aromatic carbocycles. The highest BCUT2D eigenvalue weighted by atomic mass is 16.4. The Morgan fingerprint density at radius 1 is 1.16 bits per heavy atom. The van der Waals surface area contributed by atoms with E-state index in [-0.39, 0.29) is 24.2 Å². The quantitative estimate of drug-likeness (QED) is 0.610. The Balaban J connectivity index is 2.52. The third kappa shape index (κ3) is 5.22. The van der Waals surface area contributed by atoms with E-state index in [1.54, 1.807) is 0 Å². The SMILES string of the molecule is CC(C)(C)c1ccc(C(=O)CNCCC(=O)O)cc1. The number of Topliss-reactive ketones (excluding diaryl/α,β-unsaturated/α-hetero) is 1. The Kier molecular flexibility index (Phi) is 5.24. The van der Waals surface area contributed by atoms with Gasteiger partial charge in [0.15, 0.2) is 5.78 Å². The molecule has 0 aliphatic rings. The lowest BCUT2D eigenvalue weighted by Crippen LogP contribution is -2.25. The number of carboxylic acid groups (broad SMARTS) is 1. The van der Waals surface area contributed by atoms with Gasteiger partial charge in [-0.15, -0.1) is 0 Å². The molecule has 0 bridgehead atoms. The van der Waals surface area contributed by atoms with Gasteiger partial charge in [-0.05, 0) is 11.0 Å². The zero-order valence-electron chi connectivity index (χ0n) is 11.7. The van der Waals surface area contributed by atoms with Crippen LogP contribution in [0.1, 0.15) is 43.1 Å². The standard InChI is InChI=1S/C15H21NO3/c1-15(2,3)12-6-4-11(5-7-12)13(17)10-16-9-8-14(18)19/h4-7,16H,8-10H2,1-3H3,(H,18,19). The zero-order valence-corrected chi connectivity index (χ0v) is 11.7. The van der Waals surface area contributed by atoms with Gasteiger partial charge in [-0.3, -0.25) is 9.59 Å². The van der Waals surface area contributed by atoms with E-state index >= 15 is 0 Å². The number of rotatable bonds is 6. The maximum absolute atomic E-state index is 11.8. The van der Waals surface area contributed by atoms with Crippen LogP contribution in [0, 0.1) is 0 Å². The lowest BCUT2D eigenvalue weighted by Gasteiger charge is -2.19. The van der Waals surface area contributed by atoms with Crippen LogP contribution in [0.25, 0.3) is 0 Å². The fraction of sp³-hybridized carbons (Fsp3) is 0.467. The molecule has 0 radical (unpaired) electrons. The predicted molar refractivity (Wildman–Crippen MR) is 74.6 cm³/mol. The minimum absolute atomic E-state index is 0.0224. The molecule has 0 saturated heterocycles. The Labute approximate surface area is 113 Å². The third-order valence-corrected chi connectivity index (χ3v) is 2.87. The van der Waals surface area contributed by atoms with E-state index in [0.29, 0.717) is 12.1 Å². The first-order valence-electron chi connectivity index (χ1n) is 6.37. The van der Waals surface area contributed by atoms with Gasteiger partial charge < -0.3 is 10.4 Å². The first kappa shape index (κ1) is 15.4. The molecule has 0 saturated carbocycles. The highest BCUT2D eigenvalue weighted by Crippen LogP contribution is 2.22. The second-order valence-corrected chi connectivity index (χ2v) is 5.57. The van der Waals surface area contributed by atoms with Crippen LogP contribution < -0.4 is 5.32 Å². The van der Waals surface area contributed by atoms with Gasteiger partial charge in [-0.25, -0.2) is 0 Å². The number of carboxylic acids is 1. The average Bonchev–Trinajstić information content (AvgIpc) is 2.33. The minimum atomic E-state index is -0.866. The van der Waals surface area contributed by atoms with Crippen molar-refractivity contribution in [3.05, 3.63) is 35.4 Å². The molecule has 0 amide bonds. The summed E-state index contributed by atoms with van der Waals surface area (Å²) in [6.07, 6.45) is 0.0240. The van der Waals surface area contributed by atoms with Gasteiger partial charge in [0.2, 0.25) is 0 Å². The van der Waals surface area contributed by atoms with Crippen LogP contribution in [0.5, 0.6) is 0 Å². The smallest absolute Gasteiger partial charge is 0.304 e. The molecule has 19 heavy (non-hydrogen) atoms. The Hall–Kier alpha value is -1.68. The molecule has 1 rings (SSSR count). The number of hydrogen-bond acceptors (Lipinski definition) is 3. The second kappa shape index (κ2) is 6.48. The van der Waals surface area contributed by atoms with Gasteiger partial charge in [-0.2, -0.15) is 0 Å². The van der Waals surface area contributed by atoms with E-state index in [2.05, 4.69) is 26.1 Å². The maximum Gasteiger partial charge on any atom is 0.304 e. The van der Waals surface area contributed by atoms with Crippen molar-refractivity contribution in [2.45, 2.75) is 32.6 Å². The monoisotopic (exact) mass is 263 g/mol. The number of carbonyl (C=O) groups excluding carboxylic acids is 1. The summed E-state index contributed by atoms with van der Waals surface area (Å²) in [7, 11) is 0. The van der Waals surface area contributed by atoms with Crippen LogP contribution in [0.4, 0.5) is 0 Å². The van der Waals surface area contributed by atoms with E-state index < -0.39 is 5.97 Å². The van der Waals surface area contributed by atoms with E-state index in [1.165, 1.54) is 5.56 Å². The molecule has 2 N–H and O–H groups in total. The summed E-state index contributed by atoms with van der Waals surface area (Å²) in [4.78, 5) is 22.2. The van der Waals surface area contributed by atoms with Gasteiger partial charge in [0.25, 0.3) is 0 Å². The summed E-state index contributed by atoms with van der Waals surface area (Å²) in [6, 6.07) is 7.57. The summed E-state index contributed by atoms with van der Waals surface area (Å²) in [5, 5.41) is 11.3. The van der Waals surface area contributed by atoms with Gasteiger partial charge in [0.1, 0.15) is 0 Å². The van der Waals surface area contributed by atoms with Crippen molar-refractivity contribution < 1.29 is 14.7 Å². The van der Waals surface area contributed by atoms with E-state index in [4.69, 9.17) is 5.11 Å². The molecule has 0 unspecified atom stereocenters. The molecule has 0 aliphatic carbocycles. The minimum Gasteiger partial charge on any atom is -0.481 e. The predicted octanol–water partition coefficient (Wildman–Crippen LogP) is 2.23. The topological polar surface area (TPSA) is 66.4 Å². The summed E-state index contributed by atoms with van der Waals surface area (Å²) >= 11 is 0. The van der Waals surface area contributed by atoms with Gasteiger partial charge in [0.05, 0.1) is 13.0 Å². The Bertz CT molecular complexity index is 443. The van der Waals surface area contributed by atoms with Crippen LogP contribution >= 0.6 is 0 Å². The number of hydrogen-bond donors (Lipinski definition) is 2. The molecule has 0 aliphatic heterocycles. The molecule has 0 atom stereocenters. The highest BCUT2D eigenvalue weighted by molar-refractivity contribution is 5.97. The van der Waals surface area contributed by atoms with Crippen LogP contribution in [-0.4, -0.2) is 29.9 Å². The van der Waals surface area contributed by atoms with Crippen molar-refractivity contribution in [3.63, 3.8) is 0 Å². The van der Waals surface area contributed by atoms with Crippen LogP contribution in [0.2, 0.25) is 0 Å². The molecule has 4 nitrogen and oxygen atoms in total. The molecule has 0 heterocycles. The number of nitrogens with one attached hydrogen (secondary N) is 1. The normalized spacial score (nSPS) is 11.3. The average molecular weight is 263 g/mol. The number of ketones is 1. The lowest BCUT2D eigenvalue weighted by atomic mass is 9.86. The van der Waals surface area contributed by atoms with Crippen molar-refractivity contribution in [1.29, 1.82) is 0 Å². The maximum atomic E-state index is 11.8. The van der Waals surface area contributed by atoms with Crippen LogP contribution in [0.15, 0.2) is 24.3 Å². The third-order valence-electron chi connectivity index (χ3n) is 2.87. The van der Waals surface area contributed by atoms with Crippen molar-refractivity contribution >= 4 is 11.8 Å². The van der Waals surface area contributed by atoms with Crippen molar-refractivity contribution in [3.8, 4) is 0 Å². The first-order chi connectivity index (χ1) is 8.80. The zero-order chi connectivity index (χ0) is 14.5. The molecule has 0 fully saturated rings. The molecular weight excluding hydrogens is 242 g/mol. The van der Waals surface area contributed by atoms with Crippen molar-refractivity contribution in [2.75, 3.05) is 13.1 Å². The van der Waals surface area contributed by atoms with Crippen LogP contribution in [0.3, 0.4) is 0 Å². The summed E-state index contributed by atoms with van der Waals surface area (Å²) in [5.74, 6) is -0.889. The fourth-order valence-corrected chi connectivity index (χ4v) is 1.66. The highest BCUT2D eigenvalue weighted by Gasteiger charge is 2.14. The van der Waals surface area contributed by atoms with Gasteiger partial charge >= 0.3 is 5.97 Å². The van der Waals surface area contributed by atoms with Crippen LogP contribution in [-0.2, 0) is 10.2 Å². The summed E-state index contributed by atoms with van der Waals surface area (Å²) < 4.78 is 0. The molecule has 0 aromatic heterocycles.